The molecule has 1 nitrogen and oxygen atoms in total. The smallest absolute Gasteiger partial charge is 0.163 e. The molecule has 0 atom stereocenters. The van der Waals surface area contributed by atoms with Gasteiger partial charge in [0.25, 0.3) is 0 Å². The Labute approximate surface area is 112 Å². The van der Waals surface area contributed by atoms with Gasteiger partial charge in [-0.1, -0.05) is 13.8 Å². The number of carbonyl (C=O) groups excluding carboxylic acids is 1. The fraction of sp³-hybridized carbons (Fsp3) is 0.588. The average molecular weight is 246 g/mol. The van der Waals surface area contributed by atoms with E-state index in [0.717, 1.165) is 12.0 Å². The van der Waals surface area contributed by atoms with Gasteiger partial charge in [-0.05, 0) is 74.8 Å². The van der Waals surface area contributed by atoms with Crippen molar-refractivity contribution in [3.05, 3.63) is 33.4 Å². The number of carbonyl (C=O) groups is 1. The highest BCUT2D eigenvalue weighted by atomic mass is 16.1. The van der Waals surface area contributed by atoms with E-state index in [9.17, 15) is 4.79 Å². The van der Waals surface area contributed by atoms with Crippen LogP contribution in [0.4, 0.5) is 0 Å². The lowest BCUT2D eigenvalue weighted by atomic mass is 9.86. The van der Waals surface area contributed by atoms with Crippen LogP contribution in [0.25, 0.3) is 0 Å². The van der Waals surface area contributed by atoms with Gasteiger partial charge in [0.05, 0.1) is 0 Å². The van der Waals surface area contributed by atoms with Gasteiger partial charge in [0.15, 0.2) is 5.78 Å². The van der Waals surface area contributed by atoms with Gasteiger partial charge in [-0.25, -0.2) is 0 Å². The predicted molar refractivity (Wildman–Crippen MR) is 78.5 cm³/mol. The molecule has 0 saturated heterocycles. The van der Waals surface area contributed by atoms with E-state index >= 15 is 0 Å². The van der Waals surface area contributed by atoms with Crippen LogP contribution in [-0.4, -0.2) is 5.78 Å². The van der Waals surface area contributed by atoms with E-state index < -0.39 is 0 Å². The summed E-state index contributed by atoms with van der Waals surface area (Å²) in [5.74, 6) is 0.895. The Bertz CT molecular complexity index is 438. The number of ketones is 1. The standard InChI is InChI=1S/C17H26O/c1-10(2)8-9-16(18)17-14(6)12(4)11(3)13(5)15(17)7/h10H,8-9H2,1-7H3. The minimum absolute atomic E-state index is 0.310. The molecular formula is C17H26O. The third kappa shape index (κ3) is 2.82. The summed E-state index contributed by atoms with van der Waals surface area (Å²) in [7, 11) is 0. The van der Waals surface area contributed by atoms with Gasteiger partial charge in [-0.15, -0.1) is 0 Å². The normalized spacial score (nSPS) is 11.1. The van der Waals surface area contributed by atoms with Crippen LogP contribution in [0.2, 0.25) is 0 Å². The van der Waals surface area contributed by atoms with E-state index in [-0.39, 0.29) is 0 Å². The van der Waals surface area contributed by atoms with E-state index in [4.69, 9.17) is 0 Å². The lowest BCUT2D eigenvalue weighted by Gasteiger charge is -2.18. The second kappa shape index (κ2) is 5.69. The zero-order chi connectivity index (χ0) is 14.0. The van der Waals surface area contributed by atoms with Crippen molar-refractivity contribution < 1.29 is 4.79 Å². The van der Waals surface area contributed by atoms with Gasteiger partial charge >= 0.3 is 0 Å². The summed E-state index contributed by atoms with van der Waals surface area (Å²) in [6.07, 6.45) is 1.64. The molecule has 1 aromatic carbocycles. The van der Waals surface area contributed by atoms with Gasteiger partial charge in [0, 0.05) is 12.0 Å². The molecule has 0 fully saturated rings. The van der Waals surface area contributed by atoms with Crippen molar-refractivity contribution in [2.75, 3.05) is 0 Å². The van der Waals surface area contributed by atoms with Crippen LogP contribution in [-0.2, 0) is 0 Å². The SMILES string of the molecule is Cc1c(C)c(C)c(C(=O)CCC(C)C)c(C)c1C. The molecule has 0 heterocycles. The van der Waals surface area contributed by atoms with Crippen LogP contribution in [0.3, 0.4) is 0 Å². The maximum atomic E-state index is 12.4. The zero-order valence-corrected chi connectivity index (χ0v) is 12.9. The first-order valence-electron chi connectivity index (χ1n) is 6.87. The fourth-order valence-electron chi connectivity index (χ4n) is 2.46. The first kappa shape index (κ1) is 14.9. The van der Waals surface area contributed by atoms with E-state index in [1.165, 1.54) is 27.8 Å². The molecule has 0 saturated carbocycles. The van der Waals surface area contributed by atoms with Crippen LogP contribution in [0.1, 0.15) is 64.9 Å². The topological polar surface area (TPSA) is 17.1 Å². The molecular weight excluding hydrogens is 220 g/mol. The highest BCUT2D eigenvalue weighted by Gasteiger charge is 2.17. The van der Waals surface area contributed by atoms with Gasteiger partial charge < -0.3 is 0 Å². The summed E-state index contributed by atoms with van der Waals surface area (Å²) in [5.41, 5.74) is 7.17. The summed E-state index contributed by atoms with van der Waals surface area (Å²) in [6, 6.07) is 0. The first-order chi connectivity index (χ1) is 8.27. The maximum absolute atomic E-state index is 12.4. The predicted octanol–water partition coefficient (Wildman–Crippen LogP) is 4.85. The lowest BCUT2D eigenvalue weighted by molar-refractivity contribution is 0.0974. The molecule has 0 spiro atoms. The molecule has 1 aromatic rings. The second-order valence-electron chi connectivity index (χ2n) is 5.86. The molecule has 100 valence electrons. The third-order valence-electron chi connectivity index (χ3n) is 4.23. The highest BCUT2D eigenvalue weighted by molar-refractivity contribution is 5.99. The van der Waals surface area contributed by atoms with Gasteiger partial charge in [-0.3, -0.25) is 4.79 Å². The van der Waals surface area contributed by atoms with E-state index in [1.807, 2.05) is 0 Å². The second-order valence-corrected chi connectivity index (χ2v) is 5.86. The molecule has 0 aliphatic heterocycles. The van der Waals surface area contributed by atoms with E-state index in [1.54, 1.807) is 0 Å². The molecule has 0 amide bonds. The van der Waals surface area contributed by atoms with Crippen molar-refractivity contribution in [1.82, 2.24) is 0 Å². The average Bonchev–Trinajstić information content (AvgIpc) is 2.31. The molecule has 0 unspecified atom stereocenters. The van der Waals surface area contributed by atoms with Crippen LogP contribution in [0.5, 0.6) is 0 Å². The van der Waals surface area contributed by atoms with Crippen LogP contribution >= 0.6 is 0 Å². The Hall–Kier alpha value is -1.11. The van der Waals surface area contributed by atoms with Crippen LogP contribution < -0.4 is 0 Å². The van der Waals surface area contributed by atoms with Gasteiger partial charge in [0.1, 0.15) is 0 Å². The summed E-state index contributed by atoms with van der Waals surface area (Å²) >= 11 is 0. The summed E-state index contributed by atoms with van der Waals surface area (Å²) in [4.78, 5) is 12.4. The molecule has 18 heavy (non-hydrogen) atoms. The Balaban J connectivity index is 3.21. The molecule has 0 N–H and O–H groups in total. The Morgan fingerprint density at radius 3 is 1.61 bits per heavy atom. The van der Waals surface area contributed by atoms with Crippen molar-refractivity contribution >= 4 is 5.78 Å². The first-order valence-corrected chi connectivity index (χ1v) is 6.87. The number of Topliss-reactive ketones (excluding diaryl/α,β-unsaturated/α-hetero) is 1. The van der Waals surface area contributed by atoms with Crippen molar-refractivity contribution in [3.8, 4) is 0 Å². The van der Waals surface area contributed by atoms with Crippen molar-refractivity contribution in [3.63, 3.8) is 0 Å². The van der Waals surface area contributed by atoms with Crippen molar-refractivity contribution in [2.24, 2.45) is 5.92 Å². The highest BCUT2D eigenvalue weighted by Crippen LogP contribution is 2.27. The summed E-state index contributed by atoms with van der Waals surface area (Å²) in [6.45, 7) is 14.9. The molecule has 0 aromatic heterocycles. The quantitative estimate of drug-likeness (QED) is 0.694. The largest absolute Gasteiger partial charge is 0.294 e. The number of hydrogen-bond acceptors (Lipinski definition) is 1. The Morgan fingerprint density at radius 2 is 1.22 bits per heavy atom. The number of hydrogen-bond donors (Lipinski definition) is 0. The number of benzene rings is 1. The Morgan fingerprint density at radius 1 is 0.833 bits per heavy atom. The van der Waals surface area contributed by atoms with Gasteiger partial charge in [0.2, 0.25) is 0 Å². The summed E-state index contributed by atoms with van der Waals surface area (Å²) < 4.78 is 0. The molecule has 0 radical (unpaired) electrons. The Kier molecular flexibility index (Phi) is 4.72. The minimum atomic E-state index is 0.310. The van der Waals surface area contributed by atoms with Crippen LogP contribution in [0, 0.1) is 40.5 Å². The van der Waals surface area contributed by atoms with Crippen molar-refractivity contribution in [2.45, 2.75) is 61.3 Å². The van der Waals surface area contributed by atoms with Gasteiger partial charge in [-0.2, -0.15) is 0 Å². The van der Waals surface area contributed by atoms with E-state index in [0.29, 0.717) is 18.1 Å². The zero-order valence-electron chi connectivity index (χ0n) is 12.9. The molecule has 1 heteroatoms. The maximum Gasteiger partial charge on any atom is 0.163 e. The van der Waals surface area contributed by atoms with Crippen LogP contribution in [0.15, 0.2) is 0 Å². The molecule has 1 rings (SSSR count). The van der Waals surface area contributed by atoms with E-state index in [2.05, 4.69) is 48.5 Å². The lowest BCUT2D eigenvalue weighted by Crippen LogP contribution is -2.10. The number of rotatable bonds is 4. The summed E-state index contributed by atoms with van der Waals surface area (Å²) in [5, 5.41) is 0. The molecule has 0 bridgehead atoms. The fourth-order valence-corrected chi connectivity index (χ4v) is 2.46. The third-order valence-corrected chi connectivity index (χ3v) is 4.23. The van der Waals surface area contributed by atoms with Crippen molar-refractivity contribution in [1.29, 1.82) is 0 Å². The molecule has 0 aliphatic carbocycles. The molecule has 0 aliphatic rings. The minimum Gasteiger partial charge on any atom is -0.294 e. The monoisotopic (exact) mass is 246 g/mol.